The quantitative estimate of drug-likeness (QED) is 0.573. The number of nitrogens with zero attached hydrogens (tertiary/aromatic N) is 2. The summed E-state index contributed by atoms with van der Waals surface area (Å²) in [6.45, 7) is 5.97. The molecule has 0 saturated heterocycles. The molecule has 0 N–H and O–H groups in total. The largest absolute Gasteiger partial charge is 0.227 e. The van der Waals surface area contributed by atoms with Crippen LogP contribution < -0.4 is 0 Å². The highest BCUT2D eigenvalue weighted by molar-refractivity contribution is 7.99. The molecule has 0 atom stereocenters. The predicted octanol–water partition coefficient (Wildman–Crippen LogP) is 3.25. The van der Waals surface area contributed by atoms with Gasteiger partial charge in [0.1, 0.15) is 16.0 Å². The van der Waals surface area contributed by atoms with E-state index in [4.69, 9.17) is 11.6 Å². The van der Waals surface area contributed by atoms with Crippen molar-refractivity contribution in [1.82, 2.24) is 9.97 Å². The molecule has 0 unspecified atom stereocenters. The van der Waals surface area contributed by atoms with Crippen LogP contribution in [0.25, 0.3) is 0 Å². The zero-order valence-electron chi connectivity index (χ0n) is 8.09. The summed E-state index contributed by atoms with van der Waals surface area (Å²) >= 11 is 7.67. The molecule has 0 fully saturated rings. The van der Waals surface area contributed by atoms with Crippen LogP contribution in [0, 0.1) is 13.8 Å². The minimum absolute atomic E-state index is 0.575. The number of aromatic nitrogens is 2. The minimum Gasteiger partial charge on any atom is -0.227 e. The molecule has 72 valence electrons. The Hall–Kier alpha value is -0.280. The van der Waals surface area contributed by atoms with Crippen LogP contribution >= 0.6 is 23.4 Å². The van der Waals surface area contributed by atoms with Gasteiger partial charge < -0.3 is 0 Å². The summed E-state index contributed by atoms with van der Waals surface area (Å²) in [5.41, 5.74) is 0.991. The molecule has 1 aromatic heterocycles. The molecular weight excluding hydrogens is 204 g/mol. The van der Waals surface area contributed by atoms with Gasteiger partial charge in [-0.15, -0.1) is 11.8 Å². The van der Waals surface area contributed by atoms with Crippen LogP contribution in [0.3, 0.4) is 0 Å². The first-order valence-electron chi connectivity index (χ1n) is 4.28. The van der Waals surface area contributed by atoms with Crippen LogP contribution in [0.15, 0.2) is 5.03 Å². The van der Waals surface area contributed by atoms with Crippen molar-refractivity contribution < 1.29 is 0 Å². The lowest BCUT2D eigenvalue weighted by atomic mass is 10.4. The number of rotatable bonds is 3. The molecule has 0 radical (unpaired) electrons. The Morgan fingerprint density at radius 1 is 1.31 bits per heavy atom. The summed E-state index contributed by atoms with van der Waals surface area (Å²) in [6, 6.07) is 0. The van der Waals surface area contributed by atoms with Crippen molar-refractivity contribution >= 4 is 23.4 Å². The first kappa shape index (κ1) is 10.8. The molecule has 4 heteroatoms. The predicted molar refractivity (Wildman–Crippen MR) is 57.5 cm³/mol. The standard InChI is InChI=1S/C9H13ClN2S/c1-4-5-13-9-6(2)8(10)11-7(3)12-9/h4-5H2,1-3H3. The summed E-state index contributed by atoms with van der Waals surface area (Å²) in [5, 5.41) is 1.59. The maximum absolute atomic E-state index is 5.93. The minimum atomic E-state index is 0.575. The van der Waals surface area contributed by atoms with Crippen molar-refractivity contribution in [2.45, 2.75) is 32.2 Å². The lowest BCUT2D eigenvalue weighted by Crippen LogP contribution is -1.95. The van der Waals surface area contributed by atoms with Gasteiger partial charge in [0.05, 0.1) is 0 Å². The fourth-order valence-electron chi connectivity index (χ4n) is 0.909. The molecule has 2 nitrogen and oxygen atoms in total. The molecule has 0 saturated carbocycles. The zero-order chi connectivity index (χ0) is 9.84. The third-order valence-electron chi connectivity index (χ3n) is 1.60. The highest BCUT2D eigenvalue weighted by atomic mass is 35.5. The average Bonchev–Trinajstić information content (AvgIpc) is 2.09. The van der Waals surface area contributed by atoms with E-state index in [1.54, 1.807) is 11.8 Å². The van der Waals surface area contributed by atoms with E-state index >= 15 is 0 Å². The Kier molecular flexibility index (Phi) is 4.00. The van der Waals surface area contributed by atoms with Gasteiger partial charge in [0.25, 0.3) is 0 Å². The molecule has 1 heterocycles. The highest BCUT2D eigenvalue weighted by Gasteiger charge is 2.06. The summed E-state index contributed by atoms with van der Waals surface area (Å²) in [4.78, 5) is 8.42. The molecular formula is C9H13ClN2S. The Balaban J connectivity index is 2.92. The van der Waals surface area contributed by atoms with Crippen LogP contribution in [0.2, 0.25) is 5.15 Å². The van der Waals surface area contributed by atoms with Crippen LogP contribution in [0.5, 0.6) is 0 Å². The van der Waals surface area contributed by atoms with Gasteiger partial charge in [-0.1, -0.05) is 18.5 Å². The van der Waals surface area contributed by atoms with Gasteiger partial charge in [0, 0.05) is 5.56 Å². The van der Waals surface area contributed by atoms with Crippen LogP contribution in [-0.4, -0.2) is 15.7 Å². The van der Waals surface area contributed by atoms with E-state index in [1.165, 1.54) is 0 Å². The SMILES string of the molecule is CCCSc1nc(C)nc(Cl)c1C. The second kappa shape index (κ2) is 4.82. The summed E-state index contributed by atoms with van der Waals surface area (Å²) in [5.74, 6) is 1.82. The number of aryl methyl sites for hydroxylation is 1. The molecule has 0 aliphatic carbocycles. The van der Waals surface area contributed by atoms with Gasteiger partial charge in [-0.05, 0) is 26.0 Å². The fourth-order valence-corrected chi connectivity index (χ4v) is 2.08. The van der Waals surface area contributed by atoms with E-state index in [1.807, 2.05) is 13.8 Å². The Bertz CT molecular complexity index is 302. The molecule has 0 aliphatic rings. The summed E-state index contributed by atoms with van der Waals surface area (Å²) in [6.07, 6.45) is 1.14. The smallest absolute Gasteiger partial charge is 0.136 e. The normalized spacial score (nSPS) is 10.5. The third kappa shape index (κ3) is 2.85. The Morgan fingerprint density at radius 2 is 2.00 bits per heavy atom. The van der Waals surface area contributed by atoms with Crippen molar-refractivity contribution in [3.63, 3.8) is 0 Å². The average molecular weight is 217 g/mol. The molecule has 1 rings (SSSR count). The maximum atomic E-state index is 5.93. The van der Waals surface area contributed by atoms with Crippen LogP contribution in [-0.2, 0) is 0 Å². The first-order valence-corrected chi connectivity index (χ1v) is 5.65. The Morgan fingerprint density at radius 3 is 2.62 bits per heavy atom. The number of halogens is 1. The van der Waals surface area contributed by atoms with E-state index in [2.05, 4.69) is 16.9 Å². The van der Waals surface area contributed by atoms with Gasteiger partial charge >= 0.3 is 0 Å². The third-order valence-corrected chi connectivity index (χ3v) is 3.25. The summed E-state index contributed by atoms with van der Waals surface area (Å²) < 4.78 is 0. The second-order valence-electron chi connectivity index (χ2n) is 2.84. The van der Waals surface area contributed by atoms with Crippen molar-refractivity contribution in [3.05, 3.63) is 16.5 Å². The van der Waals surface area contributed by atoms with E-state index in [0.29, 0.717) is 5.15 Å². The highest BCUT2D eigenvalue weighted by Crippen LogP contribution is 2.24. The van der Waals surface area contributed by atoms with E-state index < -0.39 is 0 Å². The topological polar surface area (TPSA) is 25.8 Å². The van der Waals surface area contributed by atoms with Crippen LogP contribution in [0.1, 0.15) is 24.7 Å². The summed E-state index contributed by atoms with van der Waals surface area (Å²) in [7, 11) is 0. The van der Waals surface area contributed by atoms with Gasteiger partial charge in [-0.2, -0.15) is 0 Å². The van der Waals surface area contributed by atoms with Gasteiger partial charge in [0.15, 0.2) is 0 Å². The van der Waals surface area contributed by atoms with Gasteiger partial charge in [-0.3, -0.25) is 0 Å². The van der Waals surface area contributed by atoms with Gasteiger partial charge in [-0.25, -0.2) is 9.97 Å². The van der Waals surface area contributed by atoms with Crippen LogP contribution in [0.4, 0.5) is 0 Å². The van der Waals surface area contributed by atoms with E-state index in [0.717, 1.165) is 28.6 Å². The van der Waals surface area contributed by atoms with E-state index in [-0.39, 0.29) is 0 Å². The number of thioether (sulfide) groups is 1. The van der Waals surface area contributed by atoms with Crippen molar-refractivity contribution in [2.75, 3.05) is 5.75 Å². The molecule has 0 aromatic carbocycles. The second-order valence-corrected chi connectivity index (χ2v) is 4.28. The van der Waals surface area contributed by atoms with Crippen molar-refractivity contribution in [3.8, 4) is 0 Å². The zero-order valence-corrected chi connectivity index (χ0v) is 9.67. The molecule has 0 aliphatic heterocycles. The maximum Gasteiger partial charge on any atom is 0.136 e. The van der Waals surface area contributed by atoms with Gasteiger partial charge in [0.2, 0.25) is 0 Å². The van der Waals surface area contributed by atoms with Crippen molar-refractivity contribution in [2.24, 2.45) is 0 Å². The molecule has 0 spiro atoms. The molecule has 0 bridgehead atoms. The fraction of sp³-hybridized carbons (Fsp3) is 0.556. The first-order chi connectivity index (χ1) is 6.15. The number of hydrogen-bond donors (Lipinski definition) is 0. The van der Waals surface area contributed by atoms with E-state index in [9.17, 15) is 0 Å². The lowest BCUT2D eigenvalue weighted by molar-refractivity contribution is 0.936. The molecule has 1 aromatic rings. The lowest BCUT2D eigenvalue weighted by Gasteiger charge is -2.05. The monoisotopic (exact) mass is 216 g/mol. The van der Waals surface area contributed by atoms with Crippen molar-refractivity contribution in [1.29, 1.82) is 0 Å². The molecule has 0 amide bonds. The number of hydrogen-bond acceptors (Lipinski definition) is 3. The molecule has 13 heavy (non-hydrogen) atoms. The Labute approximate surface area is 88.1 Å².